The molecule has 2 fully saturated rings. The van der Waals surface area contributed by atoms with Gasteiger partial charge in [-0.05, 0) is 39.5 Å². The molecule has 2 unspecified atom stereocenters. The van der Waals surface area contributed by atoms with Gasteiger partial charge < -0.3 is 10.1 Å². The first-order valence-corrected chi connectivity index (χ1v) is 8.04. The molecule has 1 aliphatic heterocycles. The average Bonchev–Trinajstić information content (AvgIpc) is 2.39. The standard InChI is InChI=1S/C16H32N2O/c1-13(19-4)11-18-12-16(2,3)17-10-15(18)14-8-6-5-7-9-14/h13-15,17H,5-12H2,1-4H3. The Hall–Kier alpha value is -0.120. The number of nitrogens with one attached hydrogen (secondary N) is 1. The van der Waals surface area contributed by atoms with Crippen LogP contribution >= 0.6 is 0 Å². The maximum absolute atomic E-state index is 5.49. The van der Waals surface area contributed by atoms with Crippen LogP contribution in [0, 0.1) is 5.92 Å². The highest BCUT2D eigenvalue weighted by Crippen LogP contribution is 2.31. The fourth-order valence-electron chi connectivity index (χ4n) is 3.78. The summed E-state index contributed by atoms with van der Waals surface area (Å²) in [5.74, 6) is 0.890. The van der Waals surface area contributed by atoms with Gasteiger partial charge in [0.2, 0.25) is 0 Å². The molecule has 0 spiro atoms. The topological polar surface area (TPSA) is 24.5 Å². The second-order valence-electron chi connectivity index (χ2n) is 7.21. The number of hydrogen-bond donors (Lipinski definition) is 1. The molecule has 2 atom stereocenters. The Balaban J connectivity index is 2.01. The van der Waals surface area contributed by atoms with Crippen molar-refractivity contribution < 1.29 is 4.74 Å². The van der Waals surface area contributed by atoms with Gasteiger partial charge in [-0.3, -0.25) is 4.90 Å². The van der Waals surface area contributed by atoms with Crippen LogP contribution in [0.1, 0.15) is 52.9 Å². The summed E-state index contributed by atoms with van der Waals surface area (Å²) in [6, 6.07) is 0.714. The van der Waals surface area contributed by atoms with Crippen molar-refractivity contribution in [1.82, 2.24) is 10.2 Å². The molecule has 2 aliphatic rings. The predicted molar refractivity (Wildman–Crippen MR) is 80.5 cm³/mol. The van der Waals surface area contributed by atoms with Crippen LogP contribution in [0.4, 0.5) is 0 Å². The Labute approximate surface area is 119 Å². The SMILES string of the molecule is COC(C)CN1CC(C)(C)NCC1C1CCCCC1. The summed E-state index contributed by atoms with van der Waals surface area (Å²) >= 11 is 0. The van der Waals surface area contributed by atoms with Crippen molar-refractivity contribution in [1.29, 1.82) is 0 Å². The van der Waals surface area contributed by atoms with E-state index < -0.39 is 0 Å². The van der Waals surface area contributed by atoms with Crippen molar-refractivity contribution in [2.24, 2.45) is 5.92 Å². The number of piperazine rings is 1. The van der Waals surface area contributed by atoms with Crippen LogP contribution < -0.4 is 5.32 Å². The fourth-order valence-corrected chi connectivity index (χ4v) is 3.78. The number of nitrogens with zero attached hydrogens (tertiary/aromatic N) is 1. The lowest BCUT2D eigenvalue weighted by Crippen LogP contribution is -2.64. The lowest BCUT2D eigenvalue weighted by molar-refractivity contribution is 0.00312. The predicted octanol–water partition coefficient (Wildman–Crippen LogP) is 2.65. The van der Waals surface area contributed by atoms with Crippen LogP contribution in [-0.2, 0) is 4.74 Å². The molecule has 0 aromatic carbocycles. The molecule has 1 N–H and O–H groups in total. The highest BCUT2D eigenvalue weighted by Gasteiger charge is 2.37. The Morgan fingerprint density at radius 1 is 1.26 bits per heavy atom. The summed E-state index contributed by atoms with van der Waals surface area (Å²) < 4.78 is 5.49. The van der Waals surface area contributed by atoms with Crippen LogP contribution in [-0.4, -0.2) is 49.3 Å². The van der Waals surface area contributed by atoms with Crippen LogP contribution in [0.5, 0.6) is 0 Å². The van der Waals surface area contributed by atoms with E-state index >= 15 is 0 Å². The fraction of sp³-hybridized carbons (Fsp3) is 1.00. The molecule has 0 radical (unpaired) electrons. The molecule has 3 heteroatoms. The molecule has 19 heavy (non-hydrogen) atoms. The maximum Gasteiger partial charge on any atom is 0.0670 e. The van der Waals surface area contributed by atoms with E-state index in [2.05, 4.69) is 31.0 Å². The normalized spacial score (nSPS) is 31.3. The van der Waals surface area contributed by atoms with Crippen molar-refractivity contribution in [3.63, 3.8) is 0 Å². The van der Waals surface area contributed by atoms with E-state index in [1.807, 2.05) is 7.11 Å². The van der Waals surface area contributed by atoms with Crippen molar-refractivity contribution in [2.45, 2.75) is 70.6 Å². The third-order valence-electron chi connectivity index (χ3n) is 4.95. The van der Waals surface area contributed by atoms with Gasteiger partial charge in [0.1, 0.15) is 0 Å². The van der Waals surface area contributed by atoms with E-state index in [0.29, 0.717) is 12.1 Å². The zero-order valence-electron chi connectivity index (χ0n) is 13.2. The second kappa shape index (κ2) is 6.55. The first-order chi connectivity index (χ1) is 9.02. The summed E-state index contributed by atoms with van der Waals surface area (Å²) in [7, 11) is 1.83. The molecule has 1 saturated carbocycles. The van der Waals surface area contributed by atoms with Gasteiger partial charge in [0.25, 0.3) is 0 Å². The van der Waals surface area contributed by atoms with E-state index in [4.69, 9.17) is 4.74 Å². The van der Waals surface area contributed by atoms with Crippen LogP contribution in [0.25, 0.3) is 0 Å². The van der Waals surface area contributed by atoms with Gasteiger partial charge >= 0.3 is 0 Å². The van der Waals surface area contributed by atoms with E-state index in [9.17, 15) is 0 Å². The zero-order valence-corrected chi connectivity index (χ0v) is 13.2. The van der Waals surface area contributed by atoms with Gasteiger partial charge in [-0.2, -0.15) is 0 Å². The van der Waals surface area contributed by atoms with Gasteiger partial charge in [0.15, 0.2) is 0 Å². The third kappa shape index (κ3) is 4.17. The molecule has 1 saturated heterocycles. The molecular weight excluding hydrogens is 236 g/mol. The summed E-state index contributed by atoms with van der Waals surface area (Å²) in [5, 5.41) is 3.74. The largest absolute Gasteiger partial charge is 0.380 e. The quantitative estimate of drug-likeness (QED) is 0.848. The third-order valence-corrected chi connectivity index (χ3v) is 4.95. The number of ether oxygens (including phenoxy) is 1. The van der Waals surface area contributed by atoms with E-state index in [-0.39, 0.29) is 5.54 Å². The van der Waals surface area contributed by atoms with E-state index in [0.717, 1.165) is 25.6 Å². The summed E-state index contributed by atoms with van der Waals surface area (Å²) in [4.78, 5) is 2.70. The number of methoxy groups -OCH3 is 1. The molecule has 0 aromatic heterocycles. The Morgan fingerprint density at radius 3 is 2.58 bits per heavy atom. The van der Waals surface area contributed by atoms with Crippen molar-refractivity contribution >= 4 is 0 Å². The first-order valence-electron chi connectivity index (χ1n) is 8.04. The first kappa shape index (κ1) is 15.3. The minimum absolute atomic E-state index is 0.235. The molecule has 1 heterocycles. The molecule has 2 rings (SSSR count). The average molecular weight is 268 g/mol. The molecule has 3 nitrogen and oxygen atoms in total. The van der Waals surface area contributed by atoms with Crippen molar-refractivity contribution in [2.75, 3.05) is 26.7 Å². The van der Waals surface area contributed by atoms with E-state index in [1.165, 1.54) is 32.1 Å². The Bertz CT molecular complexity index is 274. The molecule has 0 bridgehead atoms. The highest BCUT2D eigenvalue weighted by molar-refractivity contribution is 4.95. The monoisotopic (exact) mass is 268 g/mol. The summed E-state index contributed by atoms with van der Waals surface area (Å²) in [5.41, 5.74) is 0.235. The Morgan fingerprint density at radius 2 is 1.95 bits per heavy atom. The Kier molecular flexibility index (Phi) is 5.27. The molecule has 112 valence electrons. The minimum atomic E-state index is 0.235. The van der Waals surface area contributed by atoms with E-state index in [1.54, 1.807) is 0 Å². The lowest BCUT2D eigenvalue weighted by atomic mass is 9.81. The number of hydrogen-bond acceptors (Lipinski definition) is 3. The smallest absolute Gasteiger partial charge is 0.0670 e. The lowest BCUT2D eigenvalue weighted by Gasteiger charge is -2.48. The van der Waals surface area contributed by atoms with Crippen LogP contribution in [0.3, 0.4) is 0 Å². The molecule has 1 aliphatic carbocycles. The van der Waals surface area contributed by atoms with Crippen LogP contribution in [0.15, 0.2) is 0 Å². The van der Waals surface area contributed by atoms with Crippen molar-refractivity contribution in [3.8, 4) is 0 Å². The summed E-state index contributed by atoms with van der Waals surface area (Å²) in [6.45, 7) is 10.2. The molecular formula is C16H32N2O. The highest BCUT2D eigenvalue weighted by atomic mass is 16.5. The van der Waals surface area contributed by atoms with Crippen LogP contribution in [0.2, 0.25) is 0 Å². The molecule has 0 amide bonds. The molecule has 0 aromatic rings. The van der Waals surface area contributed by atoms with Gasteiger partial charge in [0, 0.05) is 38.3 Å². The van der Waals surface area contributed by atoms with Crippen molar-refractivity contribution in [3.05, 3.63) is 0 Å². The number of rotatable bonds is 4. The zero-order chi connectivity index (χ0) is 13.9. The summed E-state index contributed by atoms with van der Waals surface area (Å²) in [6.07, 6.45) is 7.47. The maximum atomic E-state index is 5.49. The van der Waals surface area contributed by atoms with Gasteiger partial charge in [-0.1, -0.05) is 19.3 Å². The van der Waals surface area contributed by atoms with Gasteiger partial charge in [0.05, 0.1) is 6.10 Å². The minimum Gasteiger partial charge on any atom is -0.380 e. The second-order valence-corrected chi connectivity index (χ2v) is 7.21. The van der Waals surface area contributed by atoms with Gasteiger partial charge in [-0.15, -0.1) is 0 Å². The van der Waals surface area contributed by atoms with Gasteiger partial charge in [-0.25, -0.2) is 0 Å².